The van der Waals surface area contributed by atoms with Gasteiger partial charge in [-0.1, -0.05) is 13.8 Å². The van der Waals surface area contributed by atoms with E-state index in [1.165, 1.54) is 6.42 Å². The maximum atomic E-state index is 11.7. The summed E-state index contributed by atoms with van der Waals surface area (Å²) in [5, 5.41) is 6.39. The van der Waals surface area contributed by atoms with Crippen LogP contribution in [-0.2, 0) is 10.0 Å². The van der Waals surface area contributed by atoms with Gasteiger partial charge < -0.3 is 10.6 Å². The van der Waals surface area contributed by atoms with Gasteiger partial charge in [0.25, 0.3) is 0 Å². The van der Waals surface area contributed by atoms with Gasteiger partial charge in [0.15, 0.2) is 5.96 Å². The molecule has 0 radical (unpaired) electrons. The van der Waals surface area contributed by atoms with E-state index in [4.69, 9.17) is 0 Å². The molecule has 132 valence electrons. The van der Waals surface area contributed by atoms with E-state index in [1.54, 1.807) is 4.31 Å². The first-order chi connectivity index (χ1) is 9.95. The van der Waals surface area contributed by atoms with Crippen LogP contribution in [0.15, 0.2) is 4.99 Å². The summed E-state index contributed by atoms with van der Waals surface area (Å²) in [4.78, 5) is 4.51. The lowest BCUT2D eigenvalue weighted by molar-refractivity contribution is 0.445. The zero-order valence-electron chi connectivity index (χ0n) is 14.0. The standard InChI is InChI=1S/C14H30N4O2S.HI/c1-4-15-14(16-8-5-7-13(2)3)17-9-11-18-10-6-12-21(18,19)20;/h13H,4-12H2,1-3H3,(H2,15,16,17);1H. The predicted molar refractivity (Wildman–Crippen MR) is 103 cm³/mol. The van der Waals surface area contributed by atoms with Gasteiger partial charge in [0, 0.05) is 32.7 Å². The molecule has 0 unspecified atom stereocenters. The van der Waals surface area contributed by atoms with E-state index in [9.17, 15) is 8.42 Å². The Kier molecular flexibility index (Phi) is 11.4. The molecule has 6 nitrogen and oxygen atoms in total. The number of sulfonamides is 1. The zero-order chi connectivity index (χ0) is 15.7. The number of nitrogens with zero attached hydrogens (tertiary/aromatic N) is 2. The van der Waals surface area contributed by atoms with E-state index >= 15 is 0 Å². The molecule has 1 rings (SSSR count). The van der Waals surface area contributed by atoms with Crippen LogP contribution in [0.1, 0.15) is 40.0 Å². The highest BCUT2D eigenvalue weighted by Crippen LogP contribution is 2.11. The van der Waals surface area contributed by atoms with E-state index in [1.807, 2.05) is 6.92 Å². The second kappa shape index (κ2) is 11.4. The molecule has 1 aliphatic rings. The Morgan fingerprint density at radius 1 is 1.32 bits per heavy atom. The van der Waals surface area contributed by atoms with Gasteiger partial charge >= 0.3 is 0 Å². The van der Waals surface area contributed by atoms with Gasteiger partial charge in [0.1, 0.15) is 0 Å². The summed E-state index contributed by atoms with van der Waals surface area (Å²) in [5.74, 6) is 1.77. The highest BCUT2D eigenvalue weighted by molar-refractivity contribution is 14.0. The molecule has 0 spiro atoms. The van der Waals surface area contributed by atoms with Gasteiger partial charge in [-0.3, -0.25) is 4.99 Å². The van der Waals surface area contributed by atoms with Crippen molar-refractivity contribution in [3.8, 4) is 0 Å². The lowest BCUT2D eigenvalue weighted by atomic mass is 10.1. The predicted octanol–water partition coefficient (Wildman–Crippen LogP) is 1.63. The molecule has 8 heteroatoms. The fraction of sp³-hybridized carbons (Fsp3) is 0.929. The SMILES string of the molecule is CCNC(=NCCCC(C)C)NCCN1CCCS1(=O)=O.I. The summed E-state index contributed by atoms with van der Waals surface area (Å²) in [6.45, 7) is 9.80. The molecule has 0 bridgehead atoms. The topological polar surface area (TPSA) is 73.8 Å². The Morgan fingerprint density at radius 2 is 2.05 bits per heavy atom. The highest BCUT2D eigenvalue weighted by Gasteiger charge is 2.27. The molecule has 0 aliphatic carbocycles. The van der Waals surface area contributed by atoms with Crippen LogP contribution < -0.4 is 10.6 Å². The second-order valence-electron chi connectivity index (χ2n) is 5.79. The fourth-order valence-electron chi connectivity index (χ4n) is 2.27. The number of hydrogen-bond acceptors (Lipinski definition) is 3. The molecule has 2 N–H and O–H groups in total. The molecule has 1 saturated heterocycles. The largest absolute Gasteiger partial charge is 0.357 e. The molecule has 0 aromatic heterocycles. The smallest absolute Gasteiger partial charge is 0.214 e. The van der Waals surface area contributed by atoms with Crippen LogP contribution in [0.3, 0.4) is 0 Å². The molecule has 22 heavy (non-hydrogen) atoms. The van der Waals surface area contributed by atoms with Gasteiger partial charge in [-0.15, -0.1) is 24.0 Å². The minimum absolute atomic E-state index is 0. The van der Waals surface area contributed by atoms with Crippen LogP contribution in [0.5, 0.6) is 0 Å². The van der Waals surface area contributed by atoms with Crippen molar-refractivity contribution < 1.29 is 8.42 Å². The summed E-state index contributed by atoms with van der Waals surface area (Å²) < 4.78 is 24.9. The molecule has 0 atom stereocenters. The maximum absolute atomic E-state index is 11.7. The third kappa shape index (κ3) is 8.52. The Morgan fingerprint density at radius 3 is 2.59 bits per heavy atom. The Bertz CT molecular complexity index is 427. The van der Waals surface area contributed by atoms with Gasteiger partial charge in [-0.2, -0.15) is 0 Å². The van der Waals surface area contributed by atoms with Gasteiger partial charge in [-0.25, -0.2) is 12.7 Å². The highest BCUT2D eigenvalue weighted by atomic mass is 127. The monoisotopic (exact) mass is 446 g/mol. The lowest BCUT2D eigenvalue weighted by Crippen LogP contribution is -2.42. The number of halogens is 1. The Hall–Kier alpha value is -0.0900. The molecule has 1 fully saturated rings. The van der Waals surface area contributed by atoms with Gasteiger partial charge in [-0.05, 0) is 32.1 Å². The van der Waals surface area contributed by atoms with Crippen LogP contribution >= 0.6 is 24.0 Å². The van der Waals surface area contributed by atoms with Crippen molar-refractivity contribution >= 4 is 40.0 Å². The van der Waals surface area contributed by atoms with Crippen molar-refractivity contribution in [2.75, 3.05) is 38.5 Å². The van der Waals surface area contributed by atoms with Crippen molar-refractivity contribution in [3.63, 3.8) is 0 Å². The van der Waals surface area contributed by atoms with Crippen LogP contribution in [0, 0.1) is 5.92 Å². The summed E-state index contributed by atoms with van der Waals surface area (Å²) in [6.07, 6.45) is 3.00. The lowest BCUT2D eigenvalue weighted by Gasteiger charge is -2.16. The third-order valence-electron chi connectivity index (χ3n) is 3.41. The molecule has 1 aliphatic heterocycles. The number of nitrogens with one attached hydrogen (secondary N) is 2. The molecule has 1 heterocycles. The summed E-state index contributed by atoms with van der Waals surface area (Å²) in [6, 6.07) is 0. The van der Waals surface area contributed by atoms with Gasteiger partial charge in [0.2, 0.25) is 10.0 Å². The second-order valence-corrected chi connectivity index (χ2v) is 7.88. The average molecular weight is 446 g/mol. The van der Waals surface area contributed by atoms with Crippen LogP contribution in [0.25, 0.3) is 0 Å². The van der Waals surface area contributed by atoms with E-state index in [-0.39, 0.29) is 29.7 Å². The molecule has 0 aromatic rings. The average Bonchev–Trinajstić information content (AvgIpc) is 2.73. The molecule has 0 saturated carbocycles. The number of aliphatic imine (C=N–C) groups is 1. The first-order valence-electron chi connectivity index (χ1n) is 7.95. The van der Waals surface area contributed by atoms with Crippen molar-refractivity contribution in [1.29, 1.82) is 0 Å². The molecule has 0 amide bonds. The van der Waals surface area contributed by atoms with Gasteiger partial charge in [0.05, 0.1) is 5.75 Å². The quantitative estimate of drug-likeness (QED) is 0.257. The zero-order valence-corrected chi connectivity index (χ0v) is 17.1. The van der Waals surface area contributed by atoms with Crippen molar-refractivity contribution in [1.82, 2.24) is 14.9 Å². The Balaban J connectivity index is 0.00000441. The molecule has 0 aromatic carbocycles. The summed E-state index contributed by atoms with van der Waals surface area (Å²) in [7, 11) is -2.99. The first-order valence-corrected chi connectivity index (χ1v) is 9.56. The first kappa shape index (κ1) is 21.9. The molecular weight excluding hydrogens is 415 g/mol. The third-order valence-corrected chi connectivity index (χ3v) is 5.37. The van der Waals surface area contributed by atoms with Crippen LogP contribution in [0.4, 0.5) is 0 Å². The summed E-state index contributed by atoms with van der Waals surface area (Å²) >= 11 is 0. The van der Waals surface area contributed by atoms with Crippen molar-refractivity contribution in [2.24, 2.45) is 10.9 Å². The van der Waals surface area contributed by atoms with E-state index in [0.717, 1.165) is 31.9 Å². The maximum Gasteiger partial charge on any atom is 0.214 e. The minimum Gasteiger partial charge on any atom is -0.357 e. The molecular formula is C14H31IN4O2S. The van der Waals surface area contributed by atoms with Crippen LogP contribution in [0.2, 0.25) is 0 Å². The van der Waals surface area contributed by atoms with Crippen LogP contribution in [-0.4, -0.2) is 57.2 Å². The Labute approximate surface area is 152 Å². The van der Waals surface area contributed by atoms with E-state index < -0.39 is 10.0 Å². The van der Waals surface area contributed by atoms with E-state index in [2.05, 4.69) is 29.5 Å². The number of rotatable bonds is 8. The summed E-state index contributed by atoms with van der Waals surface area (Å²) in [5.41, 5.74) is 0. The minimum atomic E-state index is -2.99. The van der Waals surface area contributed by atoms with E-state index in [0.29, 0.717) is 25.6 Å². The fourth-order valence-corrected chi connectivity index (χ4v) is 3.80. The van der Waals surface area contributed by atoms with Crippen molar-refractivity contribution in [2.45, 2.75) is 40.0 Å². The number of hydrogen-bond donors (Lipinski definition) is 2. The number of guanidine groups is 1. The van der Waals surface area contributed by atoms with Crippen molar-refractivity contribution in [3.05, 3.63) is 0 Å². The normalized spacial score (nSPS) is 18.3.